The molecule has 1 aliphatic heterocycles. The van der Waals surface area contributed by atoms with Crippen LogP contribution >= 0.6 is 12.6 Å². The van der Waals surface area contributed by atoms with Crippen molar-refractivity contribution in [2.24, 2.45) is 5.92 Å². The van der Waals surface area contributed by atoms with Gasteiger partial charge in [-0.15, -0.1) is 0 Å². The minimum Gasteiger partial charge on any atom is -0.465 e. The van der Waals surface area contributed by atoms with E-state index in [1.165, 1.54) is 25.7 Å². The van der Waals surface area contributed by atoms with Gasteiger partial charge in [0.15, 0.2) is 0 Å². The van der Waals surface area contributed by atoms with E-state index in [1.807, 2.05) is 0 Å². The number of thiol groups is 1. The minimum atomic E-state index is -0.870. The highest BCUT2D eigenvalue weighted by molar-refractivity contribution is 7.80. The molecule has 0 radical (unpaired) electrons. The molecule has 3 unspecified atom stereocenters. The standard InChI is InChI=1S/C17H33NO3S/c1-3-5-6-7-8-9-14(4-2)17(13-22)12-15(19)10-11-18(17)16(20)21/h14-15,19,22H,3-13H2,1-2H3,(H,20,21). The molecule has 3 atom stereocenters. The fraction of sp³-hybridized carbons (Fsp3) is 0.941. The average Bonchev–Trinajstić information content (AvgIpc) is 2.50. The van der Waals surface area contributed by atoms with Crippen molar-refractivity contribution >= 4 is 18.7 Å². The van der Waals surface area contributed by atoms with E-state index in [0.29, 0.717) is 25.1 Å². The van der Waals surface area contributed by atoms with E-state index in [4.69, 9.17) is 0 Å². The highest BCUT2D eigenvalue weighted by Crippen LogP contribution is 2.40. The number of hydrogen-bond donors (Lipinski definition) is 3. The maximum atomic E-state index is 11.7. The van der Waals surface area contributed by atoms with Crippen LogP contribution in [0.3, 0.4) is 0 Å². The maximum absolute atomic E-state index is 11.7. The molecule has 1 heterocycles. The van der Waals surface area contributed by atoms with E-state index in [1.54, 1.807) is 4.90 Å². The lowest BCUT2D eigenvalue weighted by Gasteiger charge is -2.51. The Hall–Kier alpha value is -0.420. The second kappa shape index (κ2) is 9.66. The van der Waals surface area contributed by atoms with Gasteiger partial charge in [-0.1, -0.05) is 52.4 Å². The number of nitrogens with zero attached hydrogens (tertiary/aromatic N) is 1. The van der Waals surface area contributed by atoms with E-state index >= 15 is 0 Å². The largest absolute Gasteiger partial charge is 0.465 e. The van der Waals surface area contributed by atoms with E-state index in [9.17, 15) is 15.0 Å². The molecule has 1 amide bonds. The molecule has 2 N–H and O–H groups in total. The molecule has 0 aliphatic carbocycles. The number of aliphatic hydroxyl groups is 1. The molecular formula is C17H33NO3S. The first-order chi connectivity index (χ1) is 10.5. The first-order valence-corrected chi connectivity index (χ1v) is 9.44. The third-order valence-electron chi connectivity index (χ3n) is 5.23. The lowest BCUT2D eigenvalue weighted by molar-refractivity contribution is -0.0327. The summed E-state index contributed by atoms with van der Waals surface area (Å²) in [5.41, 5.74) is -0.508. The van der Waals surface area contributed by atoms with Crippen LogP contribution in [0.4, 0.5) is 4.79 Å². The molecule has 1 rings (SSSR count). The minimum absolute atomic E-state index is 0.276. The van der Waals surface area contributed by atoms with Gasteiger partial charge in [0, 0.05) is 12.3 Å². The number of hydrogen-bond acceptors (Lipinski definition) is 3. The molecule has 1 fully saturated rings. The van der Waals surface area contributed by atoms with E-state index in [2.05, 4.69) is 26.5 Å². The Bertz CT molecular complexity index is 340. The zero-order valence-electron chi connectivity index (χ0n) is 14.1. The lowest BCUT2D eigenvalue weighted by atomic mass is 9.73. The summed E-state index contributed by atoms with van der Waals surface area (Å²) in [6.07, 6.45) is 7.85. The van der Waals surface area contributed by atoms with Gasteiger partial charge in [-0.05, 0) is 25.2 Å². The summed E-state index contributed by atoms with van der Waals surface area (Å²) in [6.45, 7) is 4.76. The zero-order chi connectivity index (χ0) is 16.6. The Labute approximate surface area is 140 Å². The van der Waals surface area contributed by atoms with Crippen molar-refractivity contribution in [1.29, 1.82) is 0 Å². The van der Waals surface area contributed by atoms with Crippen molar-refractivity contribution in [3.63, 3.8) is 0 Å². The Balaban J connectivity index is 2.78. The smallest absolute Gasteiger partial charge is 0.407 e. The first kappa shape index (κ1) is 19.6. The van der Waals surface area contributed by atoms with Gasteiger partial charge in [0.25, 0.3) is 0 Å². The van der Waals surface area contributed by atoms with Crippen molar-refractivity contribution in [3.05, 3.63) is 0 Å². The monoisotopic (exact) mass is 331 g/mol. The molecule has 4 nitrogen and oxygen atoms in total. The van der Waals surface area contributed by atoms with Crippen molar-refractivity contribution in [2.45, 2.75) is 83.3 Å². The SMILES string of the molecule is CCCCCCCC(CC)C1(CS)CC(O)CCN1C(=O)O. The summed E-state index contributed by atoms with van der Waals surface area (Å²) in [6, 6.07) is 0. The van der Waals surface area contributed by atoms with E-state index < -0.39 is 17.7 Å². The highest BCUT2D eigenvalue weighted by Gasteiger charge is 2.48. The summed E-state index contributed by atoms with van der Waals surface area (Å²) in [5, 5.41) is 19.7. The molecular weight excluding hydrogens is 298 g/mol. The van der Waals surface area contributed by atoms with Gasteiger partial charge in [-0.25, -0.2) is 4.79 Å². The summed E-state index contributed by atoms with van der Waals surface area (Å²) < 4.78 is 0. The molecule has 1 aliphatic rings. The molecule has 0 bridgehead atoms. The predicted octanol–water partition coefficient (Wildman–Crippen LogP) is 4.18. The van der Waals surface area contributed by atoms with Crippen molar-refractivity contribution in [2.75, 3.05) is 12.3 Å². The molecule has 0 saturated carbocycles. The third-order valence-corrected chi connectivity index (χ3v) is 5.77. The average molecular weight is 332 g/mol. The fourth-order valence-corrected chi connectivity index (χ4v) is 4.48. The molecule has 1 saturated heterocycles. The second-order valence-electron chi connectivity index (χ2n) is 6.65. The number of rotatable bonds is 9. The molecule has 0 aromatic heterocycles. The summed E-state index contributed by atoms with van der Waals surface area (Å²) in [5.74, 6) is 0.766. The Morgan fingerprint density at radius 2 is 2.00 bits per heavy atom. The number of likely N-dealkylation sites (tertiary alicyclic amines) is 1. The van der Waals surface area contributed by atoms with Gasteiger partial charge in [-0.2, -0.15) is 12.6 Å². The van der Waals surface area contributed by atoms with Gasteiger partial charge in [0.2, 0.25) is 0 Å². The Morgan fingerprint density at radius 1 is 1.32 bits per heavy atom. The number of unbranched alkanes of at least 4 members (excludes halogenated alkanes) is 4. The molecule has 130 valence electrons. The molecule has 0 aromatic carbocycles. The first-order valence-electron chi connectivity index (χ1n) is 8.81. The van der Waals surface area contributed by atoms with Crippen LogP contribution in [0.15, 0.2) is 0 Å². The Kier molecular flexibility index (Phi) is 8.62. The van der Waals surface area contributed by atoms with Gasteiger partial charge >= 0.3 is 6.09 Å². The summed E-state index contributed by atoms with van der Waals surface area (Å²) in [4.78, 5) is 13.2. The predicted molar refractivity (Wildman–Crippen MR) is 93.7 cm³/mol. The van der Waals surface area contributed by atoms with Crippen LogP contribution in [0, 0.1) is 5.92 Å². The molecule has 0 aromatic rings. The van der Waals surface area contributed by atoms with Crippen LogP contribution in [0.1, 0.15) is 71.6 Å². The number of carboxylic acid groups (broad SMARTS) is 1. The van der Waals surface area contributed by atoms with Crippen LogP contribution < -0.4 is 0 Å². The second-order valence-corrected chi connectivity index (χ2v) is 6.97. The topological polar surface area (TPSA) is 60.8 Å². The number of carbonyl (C=O) groups is 1. The number of piperidine rings is 1. The Morgan fingerprint density at radius 3 is 2.55 bits per heavy atom. The van der Waals surface area contributed by atoms with Crippen LogP contribution in [0.25, 0.3) is 0 Å². The maximum Gasteiger partial charge on any atom is 0.407 e. The van der Waals surface area contributed by atoms with E-state index in [0.717, 1.165) is 19.3 Å². The van der Waals surface area contributed by atoms with E-state index in [-0.39, 0.29) is 5.92 Å². The number of aliphatic hydroxyl groups excluding tert-OH is 1. The van der Waals surface area contributed by atoms with Gasteiger partial charge in [-0.3, -0.25) is 0 Å². The van der Waals surface area contributed by atoms with Gasteiger partial charge in [0.05, 0.1) is 11.6 Å². The third kappa shape index (κ3) is 4.79. The normalized spacial score (nSPS) is 26.9. The van der Waals surface area contributed by atoms with Crippen LogP contribution in [-0.2, 0) is 0 Å². The zero-order valence-corrected chi connectivity index (χ0v) is 15.0. The van der Waals surface area contributed by atoms with Crippen LogP contribution in [0.5, 0.6) is 0 Å². The number of amides is 1. The van der Waals surface area contributed by atoms with Crippen LogP contribution in [0.2, 0.25) is 0 Å². The fourth-order valence-electron chi connectivity index (χ4n) is 3.92. The quantitative estimate of drug-likeness (QED) is 0.439. The van der Waals surface area contributed by atoms with Crippen LogP contribution in [-0.4, -0.2) is 45.1 Å². The van der Waals surface area contributed by atoms with Crippen molar-refractivity contribution < 1.29 is 15.0 Å². The molecule has 22 heavy (non-hydrogen) atoms. The van der Waals surface area contributed by atoms with Crippen molar-refractivity contribution in [1.82, 2.24) is 4.90 Å². The highest BCUT2D eigenvalue weighted by atomic mass is 32.1. The van der Waals surface area contributed by atoms with Gasteiger partial charge < -0.3 is 15.1 Å². The van der Waals surface area contributed by atoms with Crippen molar-refractivity contribution in [3.8, 4) is 0 Å². The molecule has 0 spiro atoms. The summed E-state index contributed by atoms with van der Waals surface area (Å²) in [7, 11) is 0. The summed E-state index contributed by atoms with van der Waals surface area (Å²) >= 11 is 4.50. The molecule has 5 heteroatoms. The lowest BCUT2D eigenvalue weighted by Crippen LogP contribution is -2.62. The van der Waals surface area contributed by atoms with Gasteiger partial charge in [0.1, 0.15) is 0 Å².